The topological polar surface area (TPSA) is 64.0 Å². The van der Waals surface area contributed by atoms with Crippen LogP contribution < -0.4 is 5.32 Å². The average molecular weight is 325 g/mol. The molecule has 0 fully saturated rings. The lowest BCUT2D eigenvalue weighted by Crippen LogP contribution is -2.38. The van der Waals surface area contributed by atoms with E-state index in [1.54, 1.807) is 36.5 Å². The molecular formula is C15H14F3N3O2. The molecule has 0 saturated heterocycles. The number of nitrogens with zero attached hydrogens (tertiary/aromatic N) is 2. The summed E-state index contributed by atoms with van der Waals surface area (Å²) in [4.78, 5) is 23.8. The predicted molar refractivity (Wildman–Crippen MR) is 76.4 cm³/mol. The summed E-state index contributed by atoms with van der Waals surface area (Å²) in [5.41, 5.74) is 1.36. The molecule has 0 radical (unpaired) electrons. The number of carbonyl (C=O) groups is 2. The summed E-state index contributed by atoms with van der Waals surface area (Å²) in [5.74, 6) is -2.34. The van der Waals surface area contributed by atoms with Gasteiger partial charge in [-0.05, 0) is 26.0 Å². The molecule has 0 unspecified atom stereocenters. The lowest BCUT2D eigenvalue weighted by Gasteiger charge is -2.08. The van der Waals surface area contributed by atoms with Gasteiger partial charge in [0.05, 0.1) is 22.6 Å². The molecule has 0 bridgehead atoms. The van der Waals surface area contributed by atoms with Gasteiger partial charge in [-0.25, -0.2) is 4.68 Å². The highest BCUT2D eigenvalue weighted by molar-refractivity contribution is 6.43. The summed E-state index contributed by atoms with van der Waals surface area (Å²) in [6.07, 6.45) is -4.58. The van der Waals surface area contributed by atoms with E-state index in [1.165, 1.54) is 11.6 Å². The number of aryl methyl sites for hydroxylation is 1. The first-order chi connectivity index (χ1) is 10.7. The number of aromatic nitrogens is 2. The van der Waals surface area contributed by atoms with Gasteiger partial charge in [-0.3, -0.25) is 9.59 Å². The van der Waals surface area contributed by atoms with Gasteiger partial charge in [-0.1, -0.05) is 18.2 Å². The number of benzene rings is 1. The molecular weight excluding hydrogens is 311 g/mol. The Kier molecular flexibility index (Phi) is 4.53. The van der Waals surface area contributed by atoms with Crippen molar-refractivity contribution in [3.63, 3.8) is 0 Å². The highest BCUT2D eigenvalue weighted by Gasteiger charge is 2.31. The predicted octanol–water partition coefficient (Wildman–Crippen LogP) is 2.35. The molecule has 23 heavy (non-hydrogen) atoms. The smallest absolute Gasteiger partial charge is 0.340 e. The molecule has 8 heteroatoms. The van der Waals surface area contributed by atoms with Gasteiger partial charge in [0, 0.05) is 0 Å². The van der Waals surface area contributed by atoms with Crippen LogP contribution in [0.25, 0.3) is 5.69 Å². The average Bonchev–Trinajstić information content (AvgIpc) is 2.79. The van der Waals surface area contributed by atoms with Gasteiger partial charge in [-0.15, -0.1) is 0 Å². The number of hydrogen-bond donors (Lipinski definition) is 1. The van der Waals surface area contributed by atoms with E-state index < -0.39 is 24.4 Å². The van der Waals surface area contributed by atoms with Gasteiger partial charge in [0.2, 0.25) is 0 Å². The fourth-order valence-electron chi connectivity index (χ4n) is 2.17. The molecule has 1 aromatic carbocycles. The monoisotopic (exact) mass is 325 g/mol. The number of halogens is 3. The number of alkyl halides is 3. The quantitative estimate of drug-likeness (QED) is 0.693. The fraction of sp³-hybridized carbons (Fsp3) is 0.267. The minimum Gasteiger partial charge on any atom is -0.340 e. The second kappa shape index (κ2) is 6.23. The Morgan fingerprint density at radius 1 is 1.17 bits per heavy atom. The van der Waals surface area contributed by atoms with Crippen LogP contribution >= 0.6 is 0 Å². The van der Waals surface area contributed by atoms with E-state index in [0.29, 0.717) is 11.4 Å². The first-order valence-electron chi connectivity index (χ1n) is 6.71. The van der Waals surface area contributed by atoms with Crippen LogP contribution in [0.1, 0.15) is 21.7 Å². The Morgan fingerprint density at radius 3 is 2.35 bits per heavy atom. The highest BCUT2D eigenvalue weighted by Crippen LogP contribution is 2.19. The molecule has 2 rings (SSSR count). The number of carbonyl (C=O) groups excluding carboxylic acids is 2. The van der Waals surface area contributed by atoms with Crippen LogP contribution in [0, 0.1) is 13.8 Å². The number of hydrogen-bond acceptors (Lipinski definition) is 3. The van der Waals surface area contributed by atoms with Crippen molar-refractivity contribution in [2.75, 3.05) is 6.54 Å². The zero-order valence-electron chi connectivity index (χ0n) is 12.4. The minimum atomic E-state index is -4.58. The van der Waals surface area contributed by atoms with Crippen LogP contribution in [-0.4, -0.2) is 34.2 Å². The summed E-state index contributed by atoms with van der Waals surface area (Å²) < 4.78 is 37.8. The van der Waals surface area contributed by atoms with Gasteiger partial charge in [-0.2, -0.15) is 18.3 Å². The van der Waals surface area contributed by atoms with Crippen molar-refractivity contribution in [1.29, 1.82) is 0 Å². The molecule has 122 valence electrons. The molecule has 1 N–H and O–H groups in total. The van der Waals surface area contributed by atoms with Crippen LogP contribution in [0.3, 0.4) is 0 Å². The molecule has 0 spiro atoms. The highest BCUT2D eigenvalue weighted by atomic mass is 19.4. The summed E-state index contributed by atoms with van der Waals surface area (Å²) in [6.45, 7) is 1.55. The van der Waals surface area contributed by atoms with Gasteiger partial charge in [0.15, 0.2) is 0 Å². The van der Waals surface area contributed by atoms with Crippen molar-refractivity contribution in [2.24, 2.45) is 0 Å². The van der Waals surface area contributed by atoms with Crippen molar-refractivity contribution in [2.45, 2.75) is 20.0 Å². The van der Waals surface area contributed by atoms with Crippen molar-refractivity contribution in [3.05, 3.63) is 47.3 Å². The Morgan fingerprint density at radius 2 is 1.78 bits per heavy atom. The number of rotatable bonds is 4. The number of nitrogens with one attached hydrogen (secondary N) is 1. The summed E-state index contributed by atoms with van der Waals surface area (Å²) in [7, 11) is 0. The third-order valence-corrected chi connectivity index (χ3v) is 3.17. The first kappa shape index (κ1) is 16.7. The maximum atomic E-state index is 12.1. The number of amides is 1. The lowest BCUT2D eigenvalue weighted by atomic mass is 10.1. The SMILES string of the molecule is Cc1nn(-c2ccccc2)c(C)c1C(=O)C(=O)NCC(F)(F)F. The molecule has 0 aliphatic carbocycles. The third-order valence-electron chi connectivity index (χ3n) is 3.17. The Hall–Kier alpha value is -2.64. The van der Waals surface area contributed by atoms with Gasteiger partial charge in [0.1, 0.15) is 6.54 Å². The molecule has 0 aliphatic heterocycles. The van der Waals surface area contributed by atoms with Gasteiger partial charge < -0.3 is 5.32 Å². The molecule has 5 nitrogen and oxygen atoms in total. The standard InChI is InChI=1S/C15H14F3N3O2/c1-9-12(13(22)14(23)19-8-15(16,17)18)10(2)21(20-9)11-6-4-3-5-7-11/h3-7H,8H2,1-2H3,(H,19,23). The zero-order chi connectivity index (χ0) is 17.2. The minimum absolute atomic E-state index is 0.00790. The lowest BCUT2D eigenvalue weighted by molar-refractivity contribution is -0.135. The van der Waals surface area contributed by atoms with Crippen molar-refractivity contribution in [1.82, 2.24) is 15.1 Å². The molecule has 1 amide bonds. The molecule has 1 aromatic heterocycles. The summed E-state index contributed by atoms with van der Waals surface area (Å²) in [5, 5.41) is 5.76. The maximum Gasteiger partial charge on any atom is 0.405 e. The first-order valence-corrected chi connectivity index (χ1v) is 6.71. The van der Waals surface area contributed by atoms with E-state index in [-0.39, 0.29) is 11.3 Å². The van der Waals surface area contributed by atoms with Crippen molar-refractivity contribution < 1.29 is 22.8 Å². The van der Waals surface area contributed by atoms with Crippen LogP contribution in [-0.2, 0) is 4.79 Å². The van der Waals surface area contributed by atoms with E-state index in [4.69, 9.17) is 0 Å². The number of para-hydroxylation sites is 1. The number of Topliss-reactive ketones (excluding diaryl/α,β-unsaturated/α-hetero) is 1. The normalized spacial score (nSPS) is 11.3. The Balaban J connectivity index is 2.28. The third kappa shape index (κ3) is 3.77. The molecule has 0 aliphatic rings. The van der Waals surface area contributed by atoms with Gasteiger partial charge in [0.25, 0.3) is 11.7 Å². The van der Waals surface area contributed by atoms with E-state index in [1.807, 2.05) is 6.07 Å². The van der Waals surface area contributed by atoms with Crippen LogP contribution in [0.2, 0.25) is 0 Å². The second-order valence-corrected chi connectivity index (χ2v) is 4.92. The molecule has 2 aromatic rings. The summed E-state index contributed by atoms with van der Waals surface area (Å²) in [6, 6.07) is 8.90. The van der Waals surface area contributed by atoms with Crippen LogP contribution in [0.5, 0.6) is 0 Å². The Labute approximate surface area is 130 Å². The van der Waals surface area contributed by atoms with E-state index in [9.17, 15) is 22.8 Å². The zero-order valence-corrected chi connectivity index (χ0v) is 12.4. The van der Waals surface area contributed by atoms with E-state index in [0.717, 1.165) is 0 Å². The largest absolute Gasteiger partial charge is 0.405 e. The molecule has 0 saturated carbocycles. The number of ketones is 1. The van der Waals surface area contributed by atoms with Crippen LogP contribution in [0.4, 0.5) is 13.2 Å². The van der Waals surface area contributed by atoms with Crippen LogP contribution in [0.15, 0.2) is 30.3 Å². The van der Waals surface area contributed by atoms with Crippen molar-refractivity contribution >= 4 is 11.7 Å². The van der Waals surface area contributed by atoms with Crippen molar-refractivity contribution in [3.8, 4) is 5.69 Å². The van der Waals surface area contributed by atoms with E-state index >= 15 is 0 Å². The van der Waals surface area contributed by atoms with Gasteiger partial charge >= 0.3 is 6.18 Å². The maximum absolute atomic E-state index is 12.1. The summed E-state index contributed by atoms with van der Waals surface area (Å²) >= 11 is 0. The second-order valence-electron chi connectivity index (χ2n) is 4.92. The molecule has 0 atom stereocenters. The fourth-order valence-corrected chi connectivity index (χ4v) is 2.17. The molecule has 1 heterocycles. The Bertz CT molecular complexity index is 736. The van der Waals surface area contributed by atoms with E-state index in [2.05, 4.69) is 5.10 Å².